The molecule has 0 radical (unpaired) electrons. The van der Waals surface area contributed by atoms with Gasteiger partial charge in [0.05, 0.1) is 0 Å². The topological polar surface area (TPSA) is 17.1 Å². The van der Waals surface area contributed by atoms with E-state index >= 15 is 0 Å². The van der Waals surface area contributed by atoms with Crippen LogP contribution in [-0.4, -0.2) is 5.78 Å². The lowest BCUT2D eigenvalue weighted by Gasteiger charge is -1.86. The predicted octanol–water partition coefficient (Wildman–Crippen LogP) is 2.24. The monoisotopic (exact) mass is 136 g/mol. The summed E-state index contributed by atoms with van der Waals surface area (Å²) in [4.78, 5) is 10.9. The van der Waals surface area contributed by atoms with Gasteiger partial charge in [-0.05, 0) is 12.8 Å². The molecule has 0 aromatic heterocycles. The molecule has 0 fully saturated rings. The fraction of sp³-hybridized carbons (Fsp3) is 0.444. The van der Waals surface area contributed by atoms with Crippen LogP contribution >= 0.6 is 0 Å². The number of allylic oxidation sites excluding steroid dienone is 4. The summed E-state index contributed by atoms with van der Waals surface area (Å²) >= 11 is 0. The van der Waals surface area contributed by atoms with Crippen molar-refractivity contribution in [3.63, 3.8) is 0 Å². The number of Topliss-reactive ketones (excluding diaryl/α,β-unsaturated/α-hetero) is 1. The second-order valence-corrected chi connectivity index (χ2v) is 2.47. The van der Waals surface area contributed by atoms with Gasteiger partial charge in [-0.2, -0.15) is 0 Å². The Hall–Kier alpha value is -0.850. The van der Waals surface area contributed by atoms with Crippen molar-refractivity contribution < 1.29 is 4.79 Å². The number of carbonyl (C=O) groups excluding carboxylic acids is 1. The number of rotatable bonds is 0. The van der Waals surface area contributed by atoms with Crippen LogP contribution < -0.4 is 0 Å². The maximum atomic E-state index is 10.9. The van der Waals surface area contributed by atoms with Gasteiger partial charge in [-0.3, -0.25) is 4.79 Å². The molecule has 0 atom stereocenters. The fourth-order valence-electron chi connectivity index (χ4n) is 0.941. The molecule has 1 rings (SSSR count). The first kappa shape index (κ1) is 7.26. The zero-order valence-corrected chi connectivity index (χ0v) is 6.05. The van der Waals surface area contributed by atoms with Crippen molar-refractivity contribution in [2.75, 3.05) is 0 Å². The Bertz CT molecular complexity index is 148. The molecular weight excluding hydrogens is 124 g/mol. The third kappa shape index (κ3) is 2.62. The van der Waals surface area contributed by atoms with Crippen LogP contribution in [0.4, 0.5) is 0 Å². The number of ketones is 1. The van der Waals surface area contributed by atoms with Gasteiger partial charge in [0.15, 0.2) is 0 Å². The molecular formula is C9H12O. The number of hydrogen-bond donors (Lipinski definition) is 0. The Labute approximate surface area is 61.4 Å². The largest absolute Gasteiger partial charge is 0.299 e. The quantitative estimate of drug-likeness (QED) is 0.467. The molecule has 0 saturated carbocycles. The predicted molar refractivity (Wildman–Crippen MR) is 41.8 cm³/mol. The summed E-state index contributed by atoms with van der Waals surface area (Å²) < 4.78 is 0. The summed E-state index contributed by atoms with van der Waals surface area (Å²) in [5, 5.41) is 0. The summed E-state index contributed by atoms with van der Waals surface area (Å²) in [5.74, 6) is 0.314. The first-order chi connectivity index (χ1) is 4.89. The zero-order valence-electron chi connectivity index (χ0n) is 6.05. The summed E-state index contributed by atoms with van der Waals surface area (Å²) in [6.07, 6.45) is 11.5. The molecule has 0 spiro atoms. The van der Waals surface area contributed by atoms with Crippen molar-refractivity contribution in [3.8, 4) is 0 Å². The van der Waals surface area contributed by atoms with Gasteiger partial charge < -0.3 is 0 Å². The molecule has 1 aliphatic carbocycles. The highest BCUT2D eigenvalue weighted by Crippen LogP contribution is 2.01. The van der Waals surface area contributed by atoms with Gasteiger partial charge in [0.1, 0.15) is 5.78 Å². The van der Waals surface area contributed by atoms with Crippen LogP contribution in [0.15, 0.2) is 24.3 Å². The lowest BCUT2D eigenvalue weighted by molar-refractivity contribution is -0.117. The Balaban J connectivity index is 2.47. The Morgan fingerprint density at radius 3 is 1.90 bits per heavy atom. The standard InChI is InChI=1S/C9H12O/c10-9-7-5-3-1-2-4-6-8-9/h3-6H,1-2,7-8H2. The smallest absolute Gasteiger partial charge is 0.140 e. The van der Waals surface area contributed by atoms with Gasteiger partial charge in [0, 0.05) is 12.8 Å². The minimum absolute atomic E-state index is 0.314. The SMILES string of the molecule is O=C1CC=CCCC=CC1. The molecule has 1 aliphatic rings. The van der Waals surface area contributed by atoms with Crippen LogP contribution in [0.2, 0.25) is 0 Å². The molecule has 0 amide bonds. The summed E-state index contributed by atoms with van der Waals surface area (Å²) in [7, 11) is 0. The molecule has 10 heavy (non-hydrogen) atoms. The van der Waals surface area contributed by atoms with E-state index in [1.54, 1.807) is 0 Å². The molecule has 0 unspecified atom stereocenters. The Morgan fingerprint density at radius 2 is 1.40 bits per heavy atom. The third-order valence-corrected chi connectivity index (χ3v) is 1.52. The second-order valence-electron chi connectivity index (χ2n) is 2.47. The lowest BCUT2D eigenvalue weighted by Crippen LogP contribution is -1.91. The molecule has 0 aromatic carbocycles. The first-order valence-corrected chi connectivity index (χ1v) is 3.71. The highest BCUT2D eigenvalue weighted by atomic mass is 16.1. The molecule has 0 bridgehead atoms. The van der Waals surface area contributed by atoms with Gasteiger partial charge in [0.25, 0.3) is 0 Å². The van der Waals surface area contributed by atoms with Crippen LogP contribution in [-0.2, 0) is 4.79 Å². The van der Waals surface area contributed by atoms with E-state index in [1.165, 1.54) is 0 Å². The number of carbonyl (C=O) groups is 1. The first-order valence-electron chi connectivity index (χ1n) is 3.71. The molecule has 54 valence electrons. The van der Waals surface area contributed by atoms with Crippen LogP contribution in [0.3, 0.4) is 0 Å². The second kappa shape index (κ2) is 4.04. The Morgan fingerprint density at radius 1 is 0.900 bits per heavy atom. The van der Waals surface area contributed by atoms with Gasteiger partial charge >= 0.3 is 0 Å². The summed E-state index contributed by atoms with van der Waals surface area (Å²) in [5.41, 5.74) is 0. The average molecular weight is 136 g/mol. The van der Waals surface area contributed by atoms with E-state index in [1.807, 2.05) is 12.2 Å². The molecule has 0 saturated heterocycles. The van der Waals surface area contributed by atoms with Crippen molar-refractivity contribution >= 4 is 5.78 Å². The number of hydrogen-bond acceptors (Lipinski definition) is 1. The lowest BCUT2D eigenvalue weighted by atomic mass is 10.2. The van der Waals surface area contributed by atoms with E-state index in [0.29, 0.717) is 18.6 Å². The van der Waals surface area contributed by atoms with Crippen LogP contribution in [0.1, 0.15) is 25.7 Å². The van der Waals surface area contributed by atoms with Gasteiger partial charge in [0.2, 0.25) is 0 Å². The minimum Gasteiger partial charge on any atom is -0.299 e. The van der Waals surface area contributed by atoms with Crippen LogP contribution in [0.25, 0.3) is 0 Å². The van der Waals surface area contributed by atoms with E-state index in [4.69, 9.17) is 0 Å². The van der Waals surface area contributed by atoms with Gasteiger partial charge in [-0.25, -0.2) is 0 Å². The van der Waals surface area contributed by atoms with Crippen molar-refractivity contribution in [2.24, 2.45) is 0 Å². The molecule has 0 heterocycles. The van der Waals surface area contributed by atoms with Crippen molar-refractivity contribution in [2.45, 2.75) is 25.7 Å². The Kier molecular flexibility index (Phi) is 2.94. The van der Waals surface area contributed by atoms with E-state index in [2.05, 4.69) is 12.2 Å². The van der Waals surface area contributed by atoms with Crippen molar-refractivity contribution in [3.05, 3.63) is 24.3 Å². The highest BCUT2D eigenvalue weighted by Gasteiger charge is 1.95. The van der Waals surface area contributed by atoms with E-state index < -0.39 is 0 Å². The van der Waals surface area contributed by atoms with E-state index in [0.717, 1.165) is 12.8 Å². The summed E-state index contributed by atoms with van der Waals surface area (Å²) in [6.45, 7) is 0. The molecule has 0 aliphatic heterocycles. The van der Waals surface area contributed by atoms with Crippen LogP contribution in [0, 0.1) is 0 Å². The maximum Gasteiger partial charge on any atom is 0.140 e. The third-order valence-electron chi connectivity index (χ3n) is 1.52. The minimum atomic E-state index is 0.314. The van der Waals surface area contributed by atoms with Crippen molar-refractivity contribution in [1.29, 1.82) is 0 Å². The van der Waals surface area contributed by atoms with E-state index in [-0.39, 0.29) is 0 Å². The molecule has 0 N–H and O–H groups in total. The van der Waals surface area contributed by atoms with E-state index in [9.17, 15) is 4.79 Å². The molecule has 0 aromatic rings. The normalized spacial score (nSPS) is 19.8. The average Bonchev–Trinajstić information content (AvgIpc) is 2.02. The highest BCUT2D eigenvalue weighted by molar-refractivity contribution is 5.81. The van der Waals surface area contributed by atoms with Crippen LogP contribution in [0.5, 0.6) is 0 Å². The zero-order chi connectivity index (χ0) is 7.23. The van der Waals surface area contributed by atoms with Gasteiger partial charge in [-0.1, -0.05) is 24.3 Å². The van der Waals surface area contributed by atoms with Crippen molar-refractivity contribution in [1.82, 2.24) is 0 Å². The maximum absolute atomic E-state index is 10.9. The van der Waals surface area contributed by atoms with Gasteiger partial charge in [-0.15, -0.1) is 0 Å². The summed E-state index contributed by atoms with van der Waals surface area (Å²) in [6, 6.07) is 0. The fourth-order valence-corrected chi connectivity index (χ4v) is 0.941. The molecule has 1 heteroatoms. The molecule has 1 nitrogen and oxygen atoms in total.